The Morgan fingerprint density at radius 3 is 2.72 bits per heavy atom. The lowest BCUT2D eigenvalue weighted by molar-refractivity contribution is -0.168. The fraction of sp³-hybridized carbons (Fsp3) is 0.500. The summed E-state index contributed by atoms with van der Waals surface area (Å²) in [6.07, 6.45) is 5.15. The third kappa shape index (κ3) is 1.89. The van der Waals surface area contributed by atoms with Crippen LogP contribution in [0.5, 0.6) is 0 Å². The van der Waals surface area contributed by atoms with Crippen molar-refractivity contribution in [3.05, 3.63) is 35.5 Å². The topological polar surface area (TPSA) is 56.4 Å². The molecule has 3 aliphatic rings. The van der Waals surface area contributed by atoms with Crippen LogP contribution < -0.4 is 0 Å². The molecule has 1 saturated heterocycles. The van der Waals surface area contributed by atoms with Crippen LogP contribution in [0.3, 0.4) is 0 Å². The van der Waals surface area contributed by atoms with E-state index in [2.05, 4.69) is 11.1 Å². The van der Waals surface area contributed by atoms with Crippen LogP contribution in [0.15, 0.2) is 24.3 Å². The van der Waals surface area contributed by atoms with Crippen molar-refractivity contribution in [2.75, 3.05) is 13.1 Å². The summed E-state index contributed by atoms with van der Waals surface area (Å²) in [6.45, 7) is 2.80. The average molecular weight is 337 g/mol. The van der Waals surface area contributed by atoms with Gasteiger partial charge < -0.3 is 14.8 Å². The molecule has 25 heavy (non-hydrogen) atoms. The van der Waals surface area contributed by atoms with Crippen LogP contribution >= 0.6 is 0 Å². The molecule has 1 aromatic heterocycles. The first-order valence-corrected chi connectivity index (χ1v) is 9.32. The van der Waals surface area contributed by atoms with Crippen LogP contribution in [0, 0.1) is 0 Å². The van der Waals surface area contributed by atoms with Crippen LogP contribution in [0.2, 0.25) is 0 Å². The molecule has 2 fully saturated rings. The summed E-state index contributed by atoms with van der Waals surface area (Å²) in [4.78, 5) is 33.6. The summed E-state index contributed by atoms with van der Waals surface area (Å²) in [6, 6.07) is 8.41. The number of piperazine rings is 1. The summed E-state index contributed by atoms with van der Waals surface area (Å²) in [5.41, 5.74) is 2.27. The molecule has 5 heteroatoms. The number of hydrogen-bond donors (Lipinski definition) is 1. The highest BCUT2D eigenvalue weighted by Crippen LogP contribution is 2.43. The third-order valence-electron chi connectivity index (χ3n) is 6.48. The molecule has 1 aromatic carbocycles. The second-order valence-corrected chi connectivity index (χ2v) is 7.76. The number of rotatable bonds is 1. The standard InChI is InChI=1S/C20H23N3O2/c1-20-18-15(14-8-4-5-9-16(14)21-18)10-11-23(20)17(24)12-22(19(20)25)13-6-2-3-7-13/h4-5,8-9,13,21H,2-3,6-7,10-12H2,1H3/t20-/m0/s1. The summed E-state index contributed by atoms with van der Waals surface area (Å²) < 4.78 is 0. The molecule has 3 heterocycles. The molecule has 1 saturated carbocycles. The molecule has 2 aliphatic heterocycles. The zero-order valence-electron chi connectivity index (χ0n) is 14.5. The summed E-state index contributed by atoms with van der Waals surface area (Å²) in [7, 11) is 0. The van der Waals surface area contributed by atoms with Crippen molar-refractivity contribution < 1.29 is 9.59 Å². The van der Waals surface area contributed by atoms with E-state index in [1.54, 1.807) is 4.90 Å². The van der Waals surface area contributed by atoms with E-state index in [9.17, 15) is 9.59 Å². The number of benzene rings is 1. The van der Waals surface area contributed by atoms with E-state index >= 15 is 0 Å². The average Bonchev–Trinajstić information content (AvgIpc) is 3.26. The Balaban J connectivity index is 1.67. The number of H-pyrrole nitrogens is 1. The van der Waals surface area contributed by atoms with Gasteiger partial charge in [0.25, 0.3) is 5.91 Å². The SMILES string of the molecule is C[C@]12C(=O)N(C3CCCC3)CC(=O)N1CCc1c2[nH]c2ccccc12. The summed E-state index contributed by atoms with van der Waals surface area (Å²) in [5.74, 6) is 0.171. The highest BCUT2D eigenvalue weighted by atomic mass is 16.2. The van der Waals surface area contributed by atoms with E-state index in [-0.39, 0.29) is 24.4 Å². The van der Waals surface area contributed by atoms with Gasteiger partial charge in [0.05, 0.1) is 5.69 Å². The Kier molecular flexibility index (Phi) is 3.06. The maximum absolute atomic E-state index is 13.6. The van der Waals surface area contributed by atoms with Crippen molar-refractivity contribution in [2.24, 2.45) is 0 Å². The van der Waals surface area contributed by atoms with Gasteiger partial charge in [-0.1, -0.05) is 31.0 Å². The van der Waals surface area contributed by atoms with Crippen molar-refractivity contribution in [1.82, 2.24) is 14.8 Å². The monoisotopic (exact) mass is 337 g/mol. The molecule has 0 spiro atoms. The lowest BCUT2D eigenvalue weighted by Gasteiger charge is -2.51. The Bertz CT molecular complexity index is 880. The van der Waals surface area contributed by atoms with Crippen molar-refractivity contribution in [1.29, 1.82) is 0 Å². The molecule has 2 amide bonds. The van der Waals surface area contributed by atoms with Gasteiger partial charge in [0.1, 0.15) is 6.54 Å². The smallest absolute Gasteiger partial charge is 0.255 e. The molecule has 1 N–H and O–H groups in total. The van der Waals surface area contributed by atoms with Crippen LogP contribution in [0.1, 0.15) is 43.9 Å². The molecule has 5 rings (SSSR count). The van der Waals surface area contributed by atoms with Gasteiger partial charge in [0.15, 0.2) is 5.54 Å². The first-order valence-electron chi connectivity index (χ1n) is 9.32. The number of fused-ring (bicyclic) bond motifs is 5. The van der Waals surface area contributed by atoms with E-state index in [0.717, 1.165) is 43.3 Å². The number of nitrogens with one attached hydrogen (secondary N) is 1. The molecule has 0 bridgehead atoms. The van der Waals surface area contributed by atoms with Crippen LogP contribution in [-0.2, 0) is 21.5 Å². The third-order valence-corrected chi connectivity index (χ3v) is 6.48. The van der Waals surface area contributed by atoms with E-state index in [1.807, 2.05) is 30.0 Å². The van der Waals surface area contributed by atoms with E-state index in [0.29, 0.717) is 6.54 Å². The van der Waals surface area contributed by atoms with Gasteiger partial charge in [-0.15, -0.1) is 0 Å². The largest absolute Gasteiger partial charge is 0.356 e. The highest BCUT2D eigenvalue weighted by molar-refractivity contribution is 6.00. The quantitative estimate of drug-likeness (QED) is 0.869. The summed E-state index contributed by atoms with van der Waals surface area (Å²) >= 11 is 0. The van der Waals surface area contributed by atoms with Gasteiger partial charge in [-0.2, -0.15) is 0 Å². The first kappa shape index (κ1) is 15.0. The molecule has 130 valence electrons. The number of carbonyl (C=O) groups excluding carboxylic acids is 2. The number of aromatic amines is 1. The molecule has 5 nitrogen and oxygen atoms in total. The van der Waals surface area contributed by atoms with Crippen molar-refractivity contribution in [2.45, 2.75) is 50.6 Å². The Morgan fingerprint density at radius 1 is 1.16 bits per heavy atom. The van der Waals surface area contributed by atoms with Gasteiger partial charge in [-0.3, -0.25) is 9.59 Å². The van der Waals surface area contributed by atoms with Gasteiger partial charge in [-0.25, -0.2) is 0 Å². The van der Waals surface area contributed by atoms with Crippen molar-refractivity contribution in [3.63, 3.8) is 0 Å². The number of hydrogen-bond acceptors (Lipinski definition) is 2. The molecular weight excluding hydrogens is 314 g/mol. The Labute approximate surface area is 147 Å². The minimum Gasteiger partial charge on any atom is -0.356 e. The maximum atomic E-state index is 13.6. The number of para-hydroxylation sites is 1. The summed E-state index contributed by atoms with van der Waals surface area (Å²) in [5, 5.41) is 1.18. The number of carbonyl (C=O) groups is 2. The number of aromatic nitrogens is 1. The minimum absolute atomic E-state index is 0.0818. The fourth-order valence-electron chi connectivity index (χ4n) is 5.15. The zero-order valence-corrected chi connectivity index (χ0v) is 14.5. The second-order valence-electron chi connectivity index (χ2n) is 7.76. The van der Waals surface area contributed by atoms with Gasteiger partial charge in [0, 0.05) is 23.5 Å². The molecule has 2 aromatic rings. The zero-order chi connectivity index (χ0) is 17.2. The number of amides is 2. The van der Waals surface area contributed by atoms with Crippen molar-refractivity contribution in [3.8, 4) is 0 Å². The molecule has 1 aliphatic carbocycles. The molecular formula is C20H23N3O2. The van der Waals surface area contributed by atoms with Crippen LogP contribution in [0.4, 0.5) is 0 Å². The van der Waals surface area contributed by atoms with E-state index < -0.39 is 5.54 Å². The lowest BCUT2D eigenvalue weighted by Crippen LogP contribution is -2.68. The maximum Gasteiger partial charge on any atom is 0.255 e. The van der Waals surface area contributed by atoms with E-state index in [4.69, 9.17) is 0 Å². The number of nitrogens with zero attached hydrogens (tertiary/aromatic N) is 2. The van der Waals surface area contributed by atoms with Crippen LogP contribution in [0.25, 0.3) is 10.9 Å². The predicted molar refractivity (Wildman–Crippen MR) is 95.0 cm³/mol. The van der Waals surface area contributed by atoms with Gasteiger partial charge >= 0.3 is 0 Å². The lowest BCUT2D eigenvalue weighted by atomic mass is 9.82. The highest BCUT2D eigenvalue weighted by Gasteiger charge is 2.55. The predicted octanol–water partition coefficient (Wildman–Crippen LogP) is 2.55. The first-order chi connectivity index (χ1) is 12.1. The van der Waals surface area contributed by atoms with Crippen LogP contribution in [-0.4, -0.2) is 45.7 Å². The Hall–Kier alpha value is -2.30. The normalized spacial score (nSPS) is 27.1. The molecule has 0 radical (unpaired) electrons. The van der Waals surface area contributed by atoms with Gasteiger partial charge in [0.2, 0.25) is 5.91 Å². The Morgan fingerprint density at radius 2 is 1.92 bits per heavy atom. The molecule has 0 unspecified atom stereocenters. The molecule has 1 atom stereocenters. The second kappa shape index (κ2) is 5.10. The minimum atomic E-state index is -0.898. The van der Waals surface area contributed by atoms with Crippen molar-refractivity contribution >= 4 is 22.7 Å². The van der Waals surface area contributed by atoms with Gasteiger partial charge in [-0.05, 0) is 37.8 Å². The fourth-order valence-corrected chi connectivity index (χ4v) is 5.15. The van der Waals surface area contributed by atoms with E-state index in [1.165, 1.54) is 10.9 Å².